The lowest BCUT2D eigenvalue weighted by Crippen LogP contribution is -2.31. The minimum atomic E-state index is -4.79. The van der Waals surface area contributed by atoms with Crippen LogP contribution in [-0.2, 0) is 25.1 Å². The van der Waals surface area contributed by atoms with E-state index in [1.54, 1.807) is 0 Å². The molecule has 0 spiro atoms. The molecule has 1 aliphatic carbocycles. The van der Waals surface area contributed by atoms with Gasteiger partial charge < -0.3 is 15.7 Å². The Labute approximate surface area is 206 Å². The van der Waals surface area contributed by atoms with Crippen LogP contribution in [0, 0.1) is 5.82 Å². The van der Waals surface area contributed by atoms with Crippen LogP contribution in [0.3, 0.4) is 0 Å². The molecule has 192 valence electrons. The molecule has 0 bridgehead atoms. The summed E-state index contributed by atoms with van der Waals surface area (Å²) in [5, 5.41) is 16.5. The van der Waals surface area contributed by atoms with E-state index >= 15 is 0 Å². The van der Waals surface area contributed by atoms with Crippen molar-refractivity contribution in [3.05, 3.63) is 69.5 Å². The Bertz CT molecular complexity index is 1590. The number of aliphatic hydroxyl groups is 1. The number of aromatic nitrogens is 5. The van der Waals surface area contributed by atoms with Gasteiger partial charge in [0.05, 0.1) is 5.69 Å². The van der Waals surface area contributed by atoms with Gasteiger partial charge in [-0.25, -0.2) is 23.7 Å². The van der Waals surface area contributed by atoms with Crippen molar-refractivity contribution >= 4 is 22.7 Å². The van der Waals surface area contributed by atoms with Crippen molar-refractivity contribution in [3.8, 4) is 5.82 Å². The second kappa shape index (κ2) is 8.35. The third kappa shape index (κ3) is 4.33. The third-order valence-corrected chi connectivity index (χ3v) is 6.58. The van der Waals surface area contributed by atoms with E-state index in [-0.39, 0.29) is 22.7 Å². The number of halogens is 4. The van der Waals surface area contributed by atoms with E-state index in [1.165, 1.54) is 6.07 Å². The number of nitrogens with zero attached hydrogens (tertiary/aromatic N) is 5. The zero-order valence-electron chi connectivity index (χ0n) is 19.3. The van der Waals surface area contributed by atoms with E-state index in [0.717, 1.165) is 42.9 Å². The van der Waals surface area contributed by atoms with Gasteiger partial charge in [0.1, 0.15) is 17.5 Å². The predicted molar refractivity (Wildman–Crippen MR) is 125 cm³/mol. The van der Waals surface area contributed by atoms with Crippen LogP contribution in [0.15, 0.2) is 41.3 Å². The molecule has 0 radical (unpaired) electrons. The fourth-order valence-electron chi connectivity index (χ4n) is 4.51. The first-order valence-corrected chi connectivity index (χ1v) is 11.7. The van der Waals surface area contributed by atoms with E-state index in [2.05, 4.69) is 25.6 Å². The summed E-state index contributed by atoms with van der Waals surface area (Å²) in [5.41, 5.74) is 0.490. The molecule has 0 amide bonds. The van der Waals surface area contributed by atoms with Crippen LogP contribution in [-0.4, -0.2) is 42.1 Å². The van der Waals surface area contributed by atoms with Gasteiger partial charge in [-0.2, -0.15) is 18.2 Å². The van der Waals surface area contributed by atoms with Gasteiger partial charge in [0, 0.05) is 18.4 Å². The predicted octanol–water partition coefficient (Wildman–Crippen LogP) is 3.05. The SMILES string of the molecule is O=c1c2cnc(Nc3ccc4c(c3)CCNC4)nc2n(-c2nc(C3(O)CC3)ccc2F)n1CC(F)(F)F. The zero-order chi connectivity index (χ0) is 25.9. The summed E-state index contributed by atoms with van der Waals surface area (Å²) >= 11 is 0. The van der Waals surface area contributed by atoms with E-state index < -0.39 is 35.5 Å². The van der Waals surface area contributed by atoms with Crippen molar-refractivity contribution in [2.24, 2.45) is 0 Å². The summed E-state index contributed by atoms with van der Waals surface area (Å²) < 4.78 is 56.4. The van der Waals surface area contributed by atoms with E-state index in [9.17, 15) is 27.5 Å². The monoisotopic (exact) mass is 515 g/mol. The molecule has 2 aliphatic rings. The highest BCUT2D eigenvalue weighted by atomic mass is 19.4. The number of pyridine rings is 1. The molecule has 37 heavy (non-hydrogen) atoms. The van der Waals surface area contributed by atoms with Crippen LogP contribution in [0.5, 0.6) is 0 Å². The number of hydrogen-bond donors (Lipinski definition) is 3. The van der Waals surface area contributed by atoms with Crippen LogP contribution in [0.4, 0.5) is 29.2 Å². The molecule has 4 heterocycles. The van der Waals surface area contributed by atoms with E-state index in [0.29, 0.717) is 27.9 Å². The Hall–Kier alpha value is -3.84. The Morgan fingerprint density at radius 3 is 2.70 bits per heavy atom. The molecular weight excluding hydrogens is 494 g/mol. The lowest BCUT2D eigenvalue weighted by atomic mass is 10.0. The topological polar surface area (TPSA) is 110 Å². The minimum Gasteiger partial charge on any atom is -0.384 e. The Balaban J connectivity index is 1.49. The van der Waals surface area contributed by atoms with Crippen molar-refractivity contribution in [1.82, 2.24) is 29.6 Å². The minimum absolute atomic E-state index is 0.0108. The first-order valence-electron chi connectivity index (χ1n) is 11.7. The van der Waals surface area contributed by atoms with Crippen molar-refractivity contribution in [2.45, 2.75) is 44.1 Å². The first-order chi connectivity index (χ1) is 17.6. The molecular formula is C24H21F4N7O2. The normalized spacial score (nSPS) is 16.6. The van der Waals surface area contributed by atoms with Crippen molar-refractivity contribution in [3.63, 3.8) is 0 Å². The van der Waals surface area contributed by atoms with Crippen LogP contribution in [0.1, 0.15) is 29.7 Å². The number of hydrogen-bond acceptors (Lipinski definition) is 7. The van der Waals surface area contributed by atoms with Crippen molar-refractivity contribution < 1.29 is 22.7 Å². The molecule has 13 heteroatoms. The number of rotatable bonds is 5. The number of fused-ring (bicyclic) bond motifs is 2. The quantitative estimate of drug-likeness (QED) is 0.351. The molecule has 1 aliphatic heterocycles. The lowest BCUT2D eigenvalue weighted by molar-refractivity contribution is -0.144. The largest absolute Gasteiger partial charge is 0.408 e. The molecule has 0 saturated heterocycles. The molecule has 1 fully saturated rings. The standard InChI is InChI=1S/C24H21F4N7O2/c25-17-3-4-18(23(37)6-7-23)32-20(17)35-19-16(21(36)34(35)12-24(26,27)28)11-30-22(33-19)31-15-2-1-14-10-29-8-5-13(14)9-15/h1-4,9,11,29,37H,5-8,10,12H2,(H,30,31,33). The van der Waals surface area contributed by atoms with Gasteiger partial charge in [-0.3, -0.25) is 4.79 Å². The average molecular weight is 515 g/mol. The molecule has 0 atom stereocenters. The first kappa shape index (κ1) is 23.6. The zero-order valence-corrected chi connectivity index (χ0v) is 19.3. The van der Waals surface area contributed by atoms with Gasteiger partial charge in [0.15, 0.2) is 17.3 Å². The number of benzene rings is 1. The maximum Gasteiger partial charge on any atom is 0.408 e. The molecule has 3 N–H and O–H groups in total. The molecule has 6 rings (SSSR count). The highest BCUT2D eigenvalue weighted by Crippen LogP contribution is 2.44. The van der Waals surface area contributed by atoms with Gasteiger partial charge in [0.2, 0.25) is 5.95 Å². The van der Waals surface area contributed by atoms with Gasteiger partial charge in [-0.1, -0.05) is 6.07 Å². The summed E-state index contributed by atoms with van der Waals surface area (Å²) in [6.45, 7) is -0.103. The van der Waals surface area contributed by atoms with E-state index in [1.807, 2.05) is 18.2 Å². The van der Waals surface area contributed by atoms with Crippen LogP contribution in [0.2, 0.25) is 0 Å². The average Bonchev–Trinajstić information content (AvgIpc) is 3.56. The smallest absolute Gasteiger partial charge is 0.384 e. The summed E-state index contributed by atoms with van der Waals surface area (Å²) in [5.74, 6) is -1.53. The molecule has 4 aromatic rings. The molecule has 0 unspecified atom stereocenters. The number of alkyl halides is 3. The molecule has 3 aromatic heterocycles. The highest BCUT2D eigenvalue weighted by molar-refractivity contribution is 5.77. The molecule has 9 nitrogen and oxygen atoms in total. The van der Waals surface area contributed by atoms with Crippen molar-refractivity contribution in [2.75, 3.05) is 11.9 Å². The van der Waals surface area contributed by atoms with Gasteiger partial charge in [0.25, 0.3) is 5.56 Å². The fourth-order valence-corrected chi connectivity index (χ4v) is 4.51. The van der Waals surface area contributed by atoms with Crippen LogP contribution >= 0.6 is 0 Å². The second-order valence-electron chi connectivity index (χ2n) is 9.29. The molecule has 1 saturated carbocycles. The summed E-state index contributed by atoms with van der Waals surface area (Å²) in [7, 11) is 0. The van der Waals surface area contributed by atoms with Gasteiger partial charge in [-0.15, -0.1) is 0 Å². The number of nitrogens with one attached hydrogen (secondary N) is 2. The third-order valence-electron chi connectivity index (χ3n) is 6.58. The van der Waals surface area contributed by atoms with E-state index in [4.69, 9.17) is 0 Å². The summed E-state index contributed by atoms with van der Waals surface area (Å²) in [6.07, 6.45) is -2.07. The molecule has 1 aromatic carbocycles. The number of anilines is 2. The Morgan fingerprint density at radius 2 is 1.95 bits per heavy atom. The fraction of sp³-hybridized carbons (Fsp3) is 0.333. The second-order valence-corrected chi connectivity index (χ2v) is 9.29. The summed E-state index contributed by atoms with van der Waals surface area (Å²) in [4.78, 5) is 25.5. The maximum absolute atomic E-state index is 15.0. The van der Waals surface area contributed by atoms with Crippen LogP contribution < -0.4 is 16.2 Å². The Morgan fingerprint density at radius 1 is 1.14 bits per heavy atom. The van der Waals surface area contributed by atoms with Crippen LogP contribution in [0.25, 0.3) is 16.9 Å². The van der Waals surface area contributed by atoms with Gasteiger partial charge in [-0.05, 0) is 61.2 Å². The Kier molecular flexibility index (Phi) is 5.31. The maximum atomic E-state index is 15.0. The van der Waals surface area contributed by atoms with Gasteiger partial charge >= 0.3 is 6.18 Å². The van der Waals surface area contributed by atoms with Crippen molar-refractivity contribution in [1.29, 1.82) is 0 Å². The summed E-state index contributed by atoms with van der Waals surface area (Å²) in [6, 6.07) is 7.99. The highest BCUT2D eigenvalue weighted by Gasteiger charge is 2.44. The lowest BCUT2D eigenvalue weighted by Gasteiger charge is -2.18.